The molecule has 1 heterocycles. The summed E-state index contributed by atoms with van der Waals surface area (Å²) in [5.74, 6) is -0.0693. The van der Waals surface area contributed by atoms with Crippen molar-refractivity contribution in [1.82, 2.24) is 4.98 Å². The predicted octanol–water partition coefficient (Wildman–Crippen LogP) is 3.13. The van der Waals surface area contributed by atoms with Gasteiger partial charge in [-0.25, -0.2) is 9.78 Å². The van der Waals surface area contributed by atoms with Crippen LogP contribution in [0.5, 0.6) is 0 Å². The summed E-state index contributed by atoms with van der Waals surface area (Å²) in [6.07, 6.45) is 1.92. The fourth-order valence-electron chi connectivity index (χ4n) is 1.46. The SMILES string of the molecule is CCC(=O)Nc1nc(-c2cccc(N=C=O)c2)cs1. The monoisotopic (exact) mass is 273 g/mol. The molecule has 0 aliphatic heterocycles. The van der Waals surface area contributed by atoms with Crippen LogP contribution in [0.3, 0.4) is 0 Å². The van der Waals surface area contributed by atoms with Crippen LogP contribution in [-0.4, -0.2) is 17.0 Å². The van der Waals surface area contributed by atoms with Crippen molar-refractivity contribution in [2.45, 2.75) is 13.3 Å². The van der Waals surface area contributed by atoms with Crippen LogP contribution < -0.4 is 5.32 Å². The van der Waals surface area contributed by atoms with Crippen molar-refractivity contribution in [2.75, 3.05) is 5.32 Å². The van der Waals surface area contributed by atoms with Crippen molar-refractivity contribution in [3.63, 3.8) is 0 Å². The second-order valence-electron chi connectivity index (χ2n) is 3.69. The minimum Gasteiger partial charge on any atom is -0.302 e. The molecule has 96 valence electrons. The second kappa shape index (κ2) is 6.04. The van der Waals surface area contributed by atoms with Crippen molar-refractivity contribution in [2.24, 2.45) is 4.99 Å². The summed E-state index contributed by atoms with van der Waals surface area (Å²) in [6.45, 7) is 1.78. The molecule has 0 aliphatic rings. The zero-order valence-corrected chi connectivity index (χ0v) is 11.0. The van der Waals surface area contributed by atoms with Gasteiger partial charge in [-0.3, -0.25) is 4.79 Å². The molecule has 0 fully saturated rings. The Morgan fingerprint density at radius 1 is 1.53 bits per heavy atom. The van der Waals surface area contributed by atoms with Crippen LogP contribution in [0.15, 0.2) is 34.6 Å². The first-order chi connectivity index (χ1) is 9.22. The van der Waals surface area contributed by atoms with Gasteiger partial charge in [-0.05, 0) is 12.1 Å². The van der Waals surface area contributed by atoms with Gasteiger partial charge in [0.1, 0.15) is 0 Å². The van der Waals surface area contributed by atoms with E-state index in [0.29, 0.717) is 17.2 Å². The fraction of sp³-hybridized carbons (Fsp3) is 0.154. The Kier molecular flexibility index (Phi) is 4.18. The Morgan fingerprint density at radius 3 is 3.11 bits per heavy atom. The molecule has 0 unspecified atom stereocenters. The molecular weight excluding hydrogens is 262 g/mol. The molecule has 0 bridgehead atoms. The van der Waals surface area contributed by atoms with Gasteiger partial charge in [-0.15, -0.1) is 11.3 Å². The van der Waals surface area contributed by atoms with Gasteiger partial charge in [0.2, 0.25) is 12.0 Å². The molecule has 1 aromatic carbocycles. The van der Waals surface area contributed by atoms with Crippen LogP contribution in [0.4, 0.5) is 10.8 Å². The molecule has 5 nitrogen and oxygen atoms in total. The average Bonchev–Trinajstić information content (AvgIpc) is 2.88. The summed E-state index contributed by atoms with van der Waals surface area (Å²) < 4.78 is 0. The fourth-order valence-corrected chi connectivity index (χ4v) is 2.19. The number of rotatable bonds is 4. The van der Waals surface area contributed by atoms with E-state index < -0.39 is 0 Å². The highest BCUT2D eigenvalue weighted by molar-refractivity contribution is 7.14. The van der Waals surface area contributed by atoms with Gasteiger partial charge >= 0.3 is 0 Å². The number of benzene rings is 1. The van der Waals surface area contributed by atoms with Crippen molar-refractivity contribution in [1.29, 1.82) is 0 Å². The number of anilines is 1. The maximum atomic E-state index is 11.3. The molecule has 0 spiro atoms. The lowest BCUT2D eigenvalue weighted by Gasteiger charge is -1.98. The summed E-state index contributed by atoms with van der Waals surface area (Å²) in [7, 11) is 0. The number of carbonyl (C=O) groups excluding carboxylic acids is 2. The molecule has 1 amide bonds. The van der Waals surface area contributed by atoms with E-state index in [4.69, 9.17) is 0 Å². The number of aliphatic imine (C=N–C) groups is 1. The first-order valence-electron chi connectivity index (χ1n) is 5.66. The second-order valence-corrected chi connectivity index (χ2v) is 4.55. The third-order valence-electron chi connectivity index (χ3n) is 2.39. The number of isocyanates is 1. The van der Waals surface area contributed by atoms with E-state index in [-0.39, 0.29) is 5.91 Å². The Labute approximate surface area is 114 Å². The van der Waals surface area contributed by atoms with Gasteiger partial charge in [-0.1, -0.05) is 19.1 Å². The number of aromatic nitrogens is 1. The number of amides is 1. The Balaban J connectivity index is 2.24. The summed E-state index contributed by atoms with van der Waals surface area (Å²) in [6, 6.07) is 7.10. The van der Waals surface area contributed by atoms with Crippen LogP contribution in [0.1, 0.15) is 13.3 Å². The third kappa shape index (κ3) is 3.34. The molecule has 0 saturated carbocycles. The third-order valence-corrected chi connectivity index (χ3v) is 3.15. The lowest BCUT2D eigenvalue weighted by molar-refractivity contribution is -0.115. The smallest absolute Gasteiger partial charge is 0.240 e. The van der Waals surface area contributed by atoms with Gasteiger partial charge in [0.15, 0.2) is 5.13 Å². The van der Waals surface area contributed by atoms with E-state index in [9.17, 15) is 9.59 Å². The van der Waals surface area contributed by atoms with Crippen LogP contribution >= 0.6 is 11.3 Å². The Morgan fingerprint density at radius 2 is 2.37 bits per heavy atom. The number of nitrogens with one attached hydrogen (secondary N) is 1. The lowest BCUT2D eigenvalue weighted by atomic mass is 10.1. The zero-order valence-electron chi connectivity index (χ0n) is 10.2. The van der Waals surface area contributed by atoms with E-state index in [1.807, 2.05) is 11.4 Å². The summed E-state index contributed by atoms with van der Waals surface area (Å²) in [4.78, 5) is 29.4. The van der Waals surface area contributed by atoms with Crippen LogP contribution in [0, 0.1) is 0 Å². The zero-order chi connectivity index (χ0) is 13.7. The van der Waals surface area contributed by atoms with E-state index in [2.05, 4.69) is 15.3 Å². The Bertz CT molecular complexity index is 645. The molecule has 2 rings (SSSR count). The minimum atomic E-state index is -0.0693. The van der Waals surface area contributed by atoms with E-state index in [0.717, 1.165) is 11.3 Å². The maximum Gasteiger partial charge on any atom is 0.240 e. The molecular formula is C13H11N3O2S. The largest absolute Gasteiger partial charge is 0.302 e. The quantitative estimate of drug-likeness (QED) is 0.687. The average molecular weight is 273 g/mol. The van der Waals surface area contributed by atoms with Gasteiger partial charge in [0.05, 0.1) is 11.4 Å². The van der Waals surface area contributed by atoms with Crippen molar-refractivity contribution in [3.05, 3.63) is 29.6 Å². The molecule has 6 heteroatoms. The maximum absolute atomic E-state index is 11.3. The molecule has 1 N–H and O–H groups in total. The van der Waals surface area contributed by atoms with Crippen LogP contribution in [0.25, 0.3) is 11.3 Å². The first-order valence-corrected chi connectivity index (χ1v) is 6.54. The number of nitrogens with zero attached hydrogens (tertiary/aromatic N) is 2. The summed E-state index contributed by atoms with van der Waals surface area (Å²) in [5.41, 5.74) is 2.10. The van der Waals surface area contributed by atoms with Gasteiger partial charge in [-0.2, -0.15) is 4.99 Å². The number of thiazole rings is 1. The van der Waals surface area contributed by atoms with Crippen LogP contribution in [0.2, 0.25) is 0 Å². The number of hydrogen-bond acceptors (Lipinski definition) is 5. The van der Waals surface area contributed by atoms with Crippen molar-refractivity contribution < 1.29 is 9.59 Å². The topological polar surface area (TPSA) is 71.4 Å². The number of hydrogen-bond donors (Lipinski definition) is 1. The molecule has 1 aromatic heterocycles. The highest BCUT2D eigenvalue weighted by Gasteiger charge is 2.07. The van der Waals surface area contributed by atoms with Gasteiger partial charge in [0.25, 0.3) is 0 Å². The Hall–Kier alpha value is -2.30. The molecule has 19 heavy (non-hydrogen) atoms. The van der Waals surface area contributed by atoms with Crippen LogP contribution in [-0.2, 0) is 9.59 Å². The molecule has 2 aromatic rings. The van der Waals surface area contributed by atoms with Crippen molar-refractivity contribution in [3.8, 4) is 11.3 Å². The molecule has 0 saturated heterocycles. The lowest BCUT2D eigenvalue weighted by Crippen LogP contribution is -2.08. The van der Waals surface area contributed by atoms with Crippen molar-refractivity contribution >= 4 is 34.1 Å². The van der Waals surface area contributed by atoms with Gasteiger partial charge < -0.3 is 5.32 Å². The van der Waals surface area contributed by atoms with Gasteiger partial charge in [0, 0.05) is 17.4 Å². The highest BCUT2D eigenvalue weighted by atomic mass is 32.1. The molecule has 0 radical (unpaired) electrons. The number of carbonyl (C=O) groups is 1. The normalized spacial score (nSPS) is 9.74. The standard InChI is InChI=1S/C13H11N3O2S/c1-2-12(18)16-13-15-11(7-19-13)9-4-3-5-10(6-9)14-8-17/h3-7H,2H2,1H3,(H,15,16,18). The highest BCUT2D eigenvalue weighted by Crippen LogP contribution is 2.27. The van der Waals surface area contributed by atoms with E-state index >= 15 is 0 Å². The molecule has 0 aliphatic carbocycles. The summed E-state index contributed by atoms with van der Waals surface area (Å²) >= 11 is 1.36. The minimum absolute atomic E-state index is 0.0693. The van der Waals surface area contributed by atoms with E-state index in [1.54, 1.807) is 25.1 Å². The summed E-state index contributed by atoms with van der Waals surface area (Å²) in [5, 5.41) is 5.11. The van der Waals surface area contributed by atoms with E-state index in [1.165, 1.54) is 17.4 Å². The first kappa shape index (κ1) is 13.1. The molecule has 0 atom stereocenters. The predicted molar refractivity (Wildman–Crippen MR) is 74.3 cm³/mol.